The second-order valence-corrected chi connectivity index (χ2v) is 8.20. The molecule has 0 aliphatic carbocycles. The molecule has 0 aliphatic rings. The molecule has 0 N–H and O–H groups in total. The van der Waals surface area contributed by atoms with Gasteiger partial charge in [0.2, 0.25) is 0 Å². The molecule has 0 aromatic heterocycles. The van der Waals surface area contributed by atoms with E-state index in [0.717, 1.165) is 34.5 Å². The lowest BCUT2D eigenvalue weighted by molar-refractivity contribution is -0.244. The van der Waals surface area contributed by atoms with Crippen LogP contribution in [0.15, 0.2) is 0 Å². The van der Waals surface area contributed by atoms with Crippen molar-refractivity contribution in [1.82, 2.24) is 0 Å². The molecule has 0 aromatic carbocycles. The van der Waals surface area contributed by atoms with Gasteiger partial charge in [-0.1, -0.05) is 45.2 Å². The Morgan fingerprint density at radius 2 is 1.33 bits per heavy atom. The number of ether oxygens (including phenoxy) is 5. The molecule has 144 valence electrons. The van der Waals surface area contributed by atoms with Gasteiger partial charge in [0.1, 0.15) is 5.60 Å². The van der Waals surface area contributed by atoms with Gasteiger partial charge in [-0.15, -0.1) is 0 Å². The van der Waals surface area contributed by atoms with E-state index in [1.54, 1.807) is 20.8 Å². The molecule has 0 fully saturated rings. The van der Waals surface area contributed by atoms with Crippen molar-refractivity contribution in [3.63, 3.8) is 0 Å². The molecule has 0 amide bonds. The normalized spacial score (nSPS) is 11.9. The van der Waals surface area contributed by atoms with E-state index < -0.39 is 17.9 Å². The van der Waals surface area contributed by atoms with Crippen molar-refractivity contribution in [3.8, 4) is 0 Å². The number of carbonyl (C=O) groups is 1. The standard InChI is InChI=1S/C16H30I2O6/c1-16(2,3)24-14(19)15(22-12-20-10-6-4-8-17)23-13-21-11-7-5-9-18/h15H,4-13H2,1-3H3. The first kappa shape index (κ1) is 24.8. The Morgan fingerprint density at radius 1 is 0.875 bits per heavy atom. The summed E-state index contributed by atoms with van der Waals surface area (Å²) in [7, 11) is 0. The van der Waals surface area contributed by atoms with Gasteiger partial charge in [0.25, 0.3) is 6.29 Å². The molecule has 0 spiro atoms. The number of rotatable bonds is 15. The van der Waals surface area contributed by atoms with Crippen molar-refractivity contribution in [2.45, 2.75) is 58.3 Å². The summed E-state index contributed by atoms with van der Waals surface area (Å²) in [5.41, 5.74) is -0.607. The zero-order chi connectivity index (χ0) is 18.3. The average Bonchev–Trinajstić information content (AvgIpc) is 2.50. The van der Waals surface area contributed by atoms with E-state index in [4.69, 9.17) is 23.7 Å². The van der Waals surface area contributed by atoms with Gasteiger partial charge in [0.15, 0.2) is 13.6 Å². The van der Waals surface area contributed by atoms with E-state index in [-0.39, 0.29) is 13.6 Å². The fourth-order valence-corrected chi connectivity index (χ4v) is 2.55. The van der Waals surface area contributed by atoms with Crippen LogP contribution >= 0.6 is 45.2 Å². The number of hydrogen-bond donors (Lipinski definition) is 0. The number of hydrogen-bond acceptors (Lipinski definition) is 6. The third-order valence-corrected chi connectivity index (χ3v) is 4.07. The van der Waals surface area contributed by atoms with Gasteiger partial charge >= 0.3 is 5.97 Å². The zero-order valence-electron chi connectivity index (χ0n) is 14.9. The second kappa shape index (κ2) is 16.0. The van der Waals surface area contributed by atoms with Crippen LogP contribution in [0.2, 0.25) is 0 Å². The van der Waals surface area contributed by atoms with E-state index in [9.17, 15) is 4.79 Å². The quantitative estimate of drug-likeness (QED) is 0.0971. The maximum atomic E-state index is 12.1. The van der Waals surface area contributed by atoms with Crippen LogP contribution in [0.4, 0.5) is 0 Å². The van der Waals surface area contributed by atoms with Gasteiger partial charge in [-0.3, -0.25) is 0 Å². The zero-order valence-corrected chi connectivity index (χ0v) is 19.2. The fourth-order valence-electron chi connectivity index (χ4n) is 1.47. The Morgan fingerprint density at radius 3 is 1.71 bits per heavy atom. The smallest absolute Gasteiger partial charge is 0.364 e. The van der Waals surface area contributed by atoms with Crippen LogP contribution in [0.5, 0.6) is 0 Å². The molecule has 0 unspecified atom stereocenters. The lowest BCUT2D eigenvalue weighted by Gasteiger charge is -2.24. The van der Waals surface area contributed by atoms with E-state index in [2.05, 4.69) is 45.2 Å². The van der Waals surface area contributed by atoms with Crippen molar-refractivity contribution in [3.05, 3.63) is 0 Å². The van der Waals surface area contributed by atoms with Crippen LogP contribution in [0.1, 0.15) is 46.5 Å². The van der Waals surface area contributed by atoms with Crippen LogP contribution in [-0.2, 0) is 28.5 Å². The highest BCUT2D eigenvalue weighted by Crippen LogP contribution is 2.11. The molecular formula is C16H30I2O6. The van der Waals surface area contributed by atoms with Crippen LogP contribution in [0.3, 0.4) is 0 Å². The molecule has 0 saturated heterocycles. The number of esters is 1. The summed E-state index contributed by atoms with van der Waals surface area (Å²) in [4.78, 5) is 12.1. The molecule has 0 atom stereocenters. The molecular weight excluding hydrogens is 542 g/mol. The SMILES string of the molecule is CC(C)(C)OC(=O)C(OCOCCCCI)OCOCCCCI. The van der Waals surface area contributed by atoms with Crippen LogP contribution < -0.4 is 0 Å². The summed E-state index contributed by atoms with van der Waals surface area (Å²) < 4.78 is 28.9. The number of alkyl halides is 2. The number of unbranched alkanes of at least 4 members (excludes halogenated alkanes) is 2. The maximum Gasteiger partial charge on any atom is 0.364 e. The topological polar surface area (TPSA) is 63.2 Å². The summed E-state index contributed by atoms with van der Waals surface area (Å²) in [6.45, 7) is 6.54. The maximum absolute atomic E-state index is 12.1. The lowest BCUT2D eigenvalue weighted by Crippen LogP contribution is -2.36. The molecule has 0 radical (unpaired) electrons. The number of halogens is 2. The average molecular weight is 572 g/mol. The van der Waals surface area contributed by atoms with Crippen LogP contribution in [0, 0.1) is 0 Å². The predicted molar refractivity (Wildman–Crippen MR) is 110 cm³/mol. The first-order valence-corrected chi connectivity index (χ1v) is 11.2. The molecule has 0 bridgehead atoms. The van der Waals surface area contributed by atoms with Gasteiger partial charge in [0, 0.05) is 13.2 Å². The van der Waals surface area contributed by atoms with Gasteiger partial charge < -0.3 is 23.7 Å². The van der Waals surface area contributed by atoms with Gasteiger partial charge in [-0.25, -0.2) is 4.79 Å². The molecule has 6 nitrogen and oxygen atoms in total. The van der Waals surface area contributed by atoms with Gasteiger partial charge in [-0.05, 0) is 55.3 Å². The summed E-state index contributed by atoms with van der Waals surface area (Å²) in [6, 6.07) is 0. The molecule has 0 aromatic rings. The first-order chi connectivity index (χ1) is 11.4. The Hall–Kier alpha value is 0.770. The van der Waals surface area contributed by atoms with Crippen molar-refractivity contribution in [1.29, 1.82) is 0 Å². The van der Waals surface area contributed by atoms with E-state index in [1.807, 2.05) is 0 Å². The second-order valence-electron chi connectivity index (χ2n) is 6.04. The van der Waals surface area contributed by atoms with Crippen LogP contribution in [0.25, 0.3) is 0 Å². The predicted octanol–water partition coefficient (Wildman–Crippen LogP) is 4.07. The van der Waals surface area contributed by atoms with Crippen LogP contribution in [-0.4, -0.2) is 53.5 Å². The highest BCUT2D eigenvalue weighted by Gasteiger charge is 2.27. The van der Waals surface area contributed by atoms with E-state index in [0.29, 0.717) is 13.2 Å². The molecule has 0 heterocycles. The summed E-state index contributed by atoms with van der Waals surface area (Å²) >= 11 is 4.65. The highest BCUT2D eigenvalue weighted by atomic mass is 127. The van der Waals surface area contributed by atoms with E-state index >= 15 is 0 Å². The Kier molecular flexibility index (Phi) is 16.5. The molecule has 0 rings (SSSR count). The molecule has 0 saturated carbocycles. The summed E-state index contributed by atoms with van der Waals surface area (Å²) in [6.07, 6.45) is 2.97. The Balaban J connectivity index is 4.11. The Bertz CT molecular complexity index is 293. The van der Waals surface area contributed by atoms with Crippen molar-refractivity contribution in [2.75, 3.05) is 35.7 Å². The minimum atomic E-state index is -1.14. The summed E-state index contributed by atoms with van der Waals surface area (Å²) in [5, 5.41) is 0. The van der Waals surface area contributed by atoms with Crippen molar-refractivity contribution in [2.24, 2.45) is 0 Å². The minimum Gasteiger partial charge on any atom is -0.456 e. The fraction of sp³-hybridized carbons (Fsp3) is 0.938. The minimum absolute atomic E-state index is 0.0139. The number of carbonyl (C=O) groups excluding carboxylic acids is 1. The van der Waals surface area contributed by atoms with Gasteiger partial charge in [0.05, 0.1) is 0 Å². The van der Waals surface area contributed by atoms with Gasteiger partial charge in [-0.2, -0.15) is 0 Å². The van der Waals surface area contributed by atoms with E-state index in [1.165, 1.54) is 0 Å². The monoisotopic (exact) mass is 572 g/mol. The third-order valence-electron chi connectivity index (χ3n) is 2.55. The molecule has 0 aliphatic heterocycles. The molecule has 24 heavy (non-hydrogen) atoms. The van der Waals surface area contributed by atoms with Crippen molar-refractivity contribution < 1.29 is 28.5 Å². The third kappa shape index (κ3) is 16.2. The Labute approximate surface area is 172 Å². The lowest BCUT2D eigenvalue weighted by atomic mass is 10.2. The molecule has 8 heteroatoms. The van der Waals surface area contributed by atoms with Crippen molar-refractivity contribution >= 4 is 51.2 Å². The first-order valence-electron chi connectivity index (χ1n) is 8.14. The highest BCUT2D eigenvalue weighted by molar-refractivity contribution is 14.1. The summed E-state index contributed by atoms with van der Waals surface area (Å²) in [5.74, 6) is -0.575. The largest absolute Gasteiger partial charge is 0.456 e.